The molecule has 0 radical (unpaired) electrons. The molecule has 2 aliphatic carbocycles. The Bertz CT molecular complexity index is 1020. The summed E-state index contributed by atoms with van der Waals surface area (Å²) in [6.07, 6.45) is 7.04. The molecule has 0 heterocycles. The van der Waals surface area contributed by atoms with Crippen LogP contribution >= 0.6 is 11.6 Å². The summed E-state index contributed by atoms with van der Waals surface area (Å²) in [5.74, 6) is -0.169. The highest BCUT2D eigenvalue weighted by atomic mass is 35.5. The van der Waals surface area contributed by atoms with Gasteiger partial charge in [0, 0.05) is 29.1 Å². The maximum Gasteiger partial charge on any atom is 0.244 e. The first kappa shape index (κ1) is 20.1. The van der Waals surface area contributed by atoms with E-state index >= 15 is 0 Å². The van der Waals surface area contributed by atoms with Gasteiger partial charge in [-0.1, -0.05) is 35.9 Å². The molecule has 2 fully saturated rings. The average molecular weight is 431 g/mol. The van der Waals surface area contributed by atoms with Gasteiger partial charge in [-0.05, 0) is 67.2 Å². The molecule has 0 bridgehead atoms. The molecule has 2 aromatic rings. The third kappa shape index (κ3) is 5.07. The van der Waals surface area contributed by atoms with Crippen molar-refractivity contribution in [3.63, 3.8) is 0 Å². The van der Waals surface area contributed by atoms with Crippen LogP contribution in [0.4, 0.5) is 0 Å². The van der Waals surface area contributed by atoms with E-state index in [4.69, 9.17) is 11.6 Å². The van der Waals surface area contributed by atoms with Crippen molar-refractivity contribution in [1.82, 2.24) is 10.0 Å². The van der Waals surface area contributed by atoms with E-state index in [9.17, 15) is 13.2 Å². The first-order valence-corrected chi connectivity index (χ1v) is 11.6. The Kier molecular flexibility index (Phi) is 5.51. The van der Waals surface area contributed by atoms with Crippen LogP contribution < -0.4 is 10.0 Å². The van der Waals surface area contributed by atoms with E-state index in [0.717, 1.165) is 31.2 Å². The monoisotopic (exact) mass is 430 g/mol. The van der Waals surface area contributed by atoms with E-state index in [1.54, 1.807) is 30.3 Å². The topological polar surface area (TPSA) is 75.3 Å². The van der Waals surface area contributed by atoms with Crippen LogP contribution in [0.5, 0.6) is 0 Å². The van der Waals surface area contributed by atoms with Crippen LogP contribution in [0.2, 0.25) is 5.02 Å². The van der Waals surface area contributed by atoms with Gasteiger partial charge in [0.2, 0.25) is 15.9 Å². The van der Waals surface area contributed by atoms with Gasteiger partial charge in [0.05, 0.1) is 4.90 Å². The zero-order chi connectivity index (χ0) is 20.5. The molecule has 7 heteroatoms. The minimum atomic E-state index is -3.45. The molecule has 2 aliphatic rings. The Balaban J connectivity index is 1.32. The average Bonchev–Trinajstić information content (AvgIpc) is 3.62. The largest absolute Gasteiger partial charge is 0.352 e. The van der Waals surface area contributed by atoms with Gasteiger partial charge < -0.3 is 5.32 Å². The zero-order valence-electron chi connectivity index (χ0n) is 15.9. The lowest BCUT2D eigenvalue weighted by atomic mass is 9.96. The van der Waals surface area contributed by atoms with Crippen molar-refractivity contribution < 1.29 is 13.2 Å². The van der Waals surface area contributed by atoms with Gasteiger partial charge in [0.25, 0.3) is 0 Å². The fraction of sp³-hybridized carbons (Fsp3) is 0.318. The Hall–Kier alpha value is -2.15. The lowest BCUT2D eigenvalue weighted by molar-refractivity contribution is -0.116. The summed E-state index contributed by atoms with van der Waals surface area (Å²) in [4.78, 5) is 12.4. The molecule has 0 spiro atoms. The molecule has 1 amide bonds. The number of carbonyl (C=O) groups is 1. The van der Waals surface area contributed by atoms with Crippen molar-refractivity contribution in [3.8, 4) is 0 Å². The van der Waals surface area contributed by atoms with Crippen LogP contribution in [0, 0.1) is 0 Å². The molecule has 0 aromatic heterocycles. The van der Waals surface area contributed by atoms with Crippen LogP contribution in [0.25, 0.3) is 6.08 Å². The molecule has 0 saturated heterocycles. The van der Waals surface area contributed by atoms with Crippen molar-refractivity contribution in [1.29, 1.82) is 0 Å². The van der Waals surface area contributed by atoms with Crippen molar-refractivity contribution >= 4 is 33.6 Å². The van der Waals surface area contributed by atoms with Crippen molar-refractivity contribution in [3.05, 3.63) is 70.8 Å². The molecule has 2 saturated carbocycles. The van der Waals surface area contributed by atoms with E-state index in [2.05, 4.69) is 10.0 Å². The number of hydrogen-bond donors (Lipinski definition) is 2. The van der Waals surface area contributed by atoms with Crippen molar-refractivity contribution in [2.24, 2.45) is 0 Å². The number of hydrogen-bond acceptors (Lipinski definition) is 3. The highest BCUT2D eigenvalue weighted by Crippen LogP contribution is 2.47. The minimum Gasteiger partial charge on any atom is -0.352 e. The van der Waals surface area contributed by atoms with E-state index in [1.165, 1.54) is 11.6 Å². The quantitative estimate of drug-likeness (QED) is 0.628. The number of halogens is 1. The summed E-state index contributed by atoms with van der Waals surface area (Å²) in [6, 6.07) is 14.4. The standard InChI is InChI=1S/C22H23ClN2O3S/c23-18-6-4-17(5-7-18)22(13-14-22)15-24-21(26)12-3-16-1-10-20(11-2-16)29(27,28)25-19-8-9-19/h1-7,10-12,19,25H,8-9,13-15H2,(H,24,26). The van der Waals surface area contributed by atoms with Gasteiger partial charge in [0.15, 0.2) is 0 Å². The lowest BCUT2D eigenvalue weighted by Gasteiger charge is -2.16. The SMILES string of the molecule is O=C(C=Cc1ccc(S(=O)(=O)NC2CC2)cc1)NCC1(c2ccc(Cl)cc2)CC1. The number of nitrogens with one attached hydrogen (secondary N) is 2. The van der Waals surface area contributed by atoms with Crippen molar-refractivity contribution in [2.45, 2.75) is 42.0 Å². The predicted molar refractivity (Wildman–Crippen MR) is 114 cm³/mol. The summed E-state index contributed by atoms with van der Waals surface area (Å²) in [7, 11) is -3.45. The van der Waals surface area contributed by atoms with Gasteiger partial charge >= 0.3 is 0 Å². The van der Waals surface area contributed by atoms with Crippen LogP contribution in [0.1, 0.15) is 36.8 Å². The second-order valence-corrected chi connectivity index (χ2v) is 9.95. The second kappa shape index (κ2) is 7.94. The predicted octanol–water partition coefficient (Wildman–Crippen LogP) is 3.64. The molecular formula is C22H23ClN2O3S. The molecule has 29 heavy (non-hydrogen) atoms. The van der Waals surface area contributed by atoms with Gasteiger partial charge in [-0.2, -0.15) is 0 Å². The van der Waals surface area contributed by atoms with E-state index < -0.39 is 10.0 Å². The van der Waals surface area contributed by atoms with Crippen LogP contribution in [-0.2, 0) is 20.2 Å². The first-order valence-electron chi connectivity index (χ1n) is 9.71. The van der Waals surface area contributed by atoms with E-state index in [1.807, 2.05) is 24.3 Å². The molecular weight excluding hydrogens is 408 g/mol. The van der Waals surface area contributed by atoms with Gasteiger partial charge in [0.1, 0.15) is 0 Å². The molecule has 2 N–H and O–H groups in total. The zero-order valence-corrected chi connectivity index (χ0v) is 17.5. The first-order chi connectivity index (χ1) is 13.9. The third-order valence-corrected chi connectivity index (χ3v) is 7.22. The molecule has 152 valence electrons. The number of sulfonamides is 1. The smallest absolute Gasteiger partial charge is 0.244 e. The molecule has 5 nitrogen and oxygen atoms in total. The van der Waals surface area contributed by atoms with E-state index in [-0.39, 0.29) is 22.3 Å². The van der Waals surface area contributed by atoms with Crippen LogP contribution in [-0.4, -0.2) is 26.9 Å². The fourth-order valence-electron chi connectivity index (χ4n) is 3.26. The third-order valence-electron chi connectivity index (χ3n) is 5.43. The van der Waals surface area contributed by atoms with Gasteiger partial charge in [-0.3, -0.25) is 4.79 Å². The Morgan fingerprint density at radius 1 is 1.07 bits per heavy atom. The minimum absolute atomic E-state index is 0.0126. The number of rotatable bonds is 8. The highest BCUT2D eigenvalue weighted by molar-refractivity contribution is 7.89. The lowest BCUT2D eigenvalue weighted by Crippen LogP contribution is -2.30. The summed E-state index contributed by atoms with van der Waals surface area (Å²) < 4.78 is 27.0. The Morgan fingerprint density at radius 3 is 2.31 bits per heavy atom. The maximum absolute atomic E-state index is 12.2. The number of carbonyl (C=O) groups excluding carboxylic acids is 1. The van der Waals surface area contributed by atoms with E-state index in [0.29, 0.717) is 11.6 Å². The van der Waals surface area contributed by atoms with Crippen LogP contribution in [0.15, 0.2) is 59.5 Å². The summed E-state index contributed by atoms with van der Waals surface area (Å²) >= 11 is 5.95. The fourth-order valence-corrected chi connectivity index (χ4v) is 4.69. The summed E-state index contributed by atoms with van der Waals surface area (Å²) in [5.41, 5.74) is 1.98. The van der Waals surface area contributed by atoms with Gasteiger partial charge in [-0.25, -0.2) is 13.1 Å². The van der Waals surface area contributed by atoms with Crippen LogP contribution in [0.3, 0.4) is 0 Å². The normalized spacial score (nSPS) is 18.0. The number of amides is 1. The molecule has 0 aliphatic heterocycles. The van der Waals surface area contributed by atoms with Gasteiger partial charge in [-0.15, -0.1) is 0 Å². The molecule has 0 atom stereocenters. The highest BCUT2D eigenvalue weighted by Gasteiger charge is 2.44. The molecule has 4 rings (SSSR count). The maximum atomic E-state index is 12.2. The summed E-state index contributed by atoms with van der Waals surface area (Å²) in [6.45, 7) is 0.585. The Labute approximate surface area is 176 Å². The summed E-state index contributed by atoms with van der Waals surface area (Å²) in [5, 5.41) is 3.68. The molecule has 2 aromatic carbocycles. The van der Waals surface area contributed by atoms with Crippen molar-refractivity contribution in [2.75, 3.05) is 6.54 Å². The number of benzene rings is 2. The molecule has 0 unspecified atom stereocenters. The Morgan fingerprint density at radius 2 is 1.72 bits per heavy atom. The second-order valence-electron chi connectivity index (χ2n) is 7.80.